The molecule has 102 valence electrons. The van der Waals surface area contributed by atoms with E-state index in [-0.39, 0.29) is 5.56 Å². The first kappa shape index (κ1) is 14.9. The number of carboxylic acids is 1. The third kappa shape index (κ3) is 4.59. The highest BCUT2D eigenvalue weighted by Gasteiger charge is 2.16. The Hall–Kier alpha value is -1.18. The molecule has 7 heteroatoms. The molecule has 0 spiro atoms. The predicted molar refractivity (Wildman–Crippen MR) is 71.7 cm³/mol. The fourth-order valence-electron chi connectivity index (χ4n) is 1.33. The van der Waals surface area contributed by atoms with Gasteiger partial charge in [-0.25, -0.2) is 4.79 Å². The smallest absolute Gasteiger partial charge is 0.340 e. The van der Waals surface area contributed by atoms with Crippen molar-refractivity contribution in [3.8, 4) is 0 Å². The Morgan fingerprint density at radius 3 is 2.83 bits per heavy atom. The molecule has 0 amide bonds. The number of nitrogens with zero attached hydrogens (tertiary/aromatic N) is 2. The molecule has 0 aliphatic carbocycles. The first-order valence-electron chi connectivity index (χ1n) is 5.68. The Balaban J connectivity index is 2.29. The van der Waals surface area contributed by atoms with Crippen molar-refractivity contribution in [2.75, 3.05) is 45.7 Å². The number of hydrogen-bond acceptors (Lipinski definition) is 6. The SMILES string of the molecule is Cc1nsc(NCCOCCN(C)C)c1C(=O)O. The van der Waals surface area contributed by atoms with Crippen molar-refractivity contribution < 1.29 is 14.6 Å². The van der Waals surface area contributed by atoms with Crippen molar-refractivity contribution in [1.82, 2.24) is 9.27 Å². The van der Waals surface area contributed by atoms with E-state index in [2.05, 4.69) is 9.69 Å². The van der Waals surface area contributed by atoms with Crippen LogP contribution in [0.2, 0.25) is 0 Å². The first-order chi connectivity index (χ1) is 8.52. The summed E-state index contributed by atoms with van der Waals surface area (Å²) in [7, 11) is 3.97. The predicted octanol–water partition coefficient (Wildman–Crippen LogP) is 1.14. The number of ether oxygens (including phenoxy) is 1. The lowest BCUT2D eigenvalue weighted by Gasteiger charge is -2.10. The fourth-order valence-corrected chi connectivity index (χ4v) is 2.14. The average molecular weight is 273 g/mol. The summed E-state index contributed by atoms with van der Waals surface area (Å²) in [5, 5.41) is 12.7. The number of nitrogens with one attached hydrogen (secondary N) is 1. The number of carboxylic acid groups (broad SMARTS) is 1. The fraction of sp³-hybridized carbons (Fsp3) is 0.636. The van der Waals surface area contributed by atoms with Crippen LogP contribution in [0.5, 0.6) is 0 Å². The third-order valence-corrected chi connectivity index (χ3v) is 3.19. The molecule has 1 aromatic heterocycles. The van der Waals surface area contributed by atoms with Gasteiger partial charge in [0.25, 0.3) is 0 Å². The highest BCUT2D eigenvalue weighted by molar-refractivity contribution is 7.10. The molecule has 0 aromatic carbocycles. The molecule has 6 nitrogen and oxygen atoms in total. The quantitative estimate of drug-likeness (QED) is 0.692. The minimum atomic E-state index is -0.947. The Labute approximate surface area is 111 Å². The van der Waals surface area contributed by atoms with Crippen LogP contribution in [0.25, 0.3) is 0 Å². The van der Waals surface area contributed by atoms with Gasteiger partial charge in [0.05, 0.1) is 18.9 Å². The molecule has 0 radical (unpaired) electrons. The number of aryl methyl sites for hydroxylation is 1. The molecule has 0 aliphatic rings. The minimum absolute atomic E-state index is 0.258. The summed E-state index contributed by atoms with van der Waals surface area (Å²) >= 11 is 1.17. The second kappa shape index (κ2) is 7.30. The molecule has 0 unspecified atom stereocenters. The number of anilines is 1. The van der Waals surface area contributed by atoms with Crippen molar-refractivity contribution in [2.24, 2.45) is 0 Å². The molecule has 2 N–H and O–H groups in total. The van der Waals surface area contributed by atoms with Crippen molar-refractivity contribution >= 4 is 22.5 Å². The largest absolute Gasteiger partial charge is 0.478 e. The monoisotopic (exact) mass is 273 g/mol. The van der Waals surface area contributed by atoms with Crippen LogP contribution in [0.1, 0.15) is 16.1 Å². The lowest BCUT2D eigenvalue weighted by molar-refractivity contribution is 0.0697. The van der Waals surface area contributed by atoms with E-state index >= 15 is 0 Å². The topological polar surface area (TPSA) is 74.7 Å². The van der Waals surface area contributed by atoms with Crippen LogP contribution < -0.4 is 5.32 Å². The maximum absolute atomic E-state index is 11.0. The van der Waals surface area contributed by atoms with E-state index < -0.39 is 5.97 Å². The summed E-state index contributed by atoms with van der Waals surface area (Å²) in [5.41, 5.74) is 0.803. The summed E-state index contributed by atoms with van der Waals surface area (Å²) in [6, 6.07) is 0. The number of rotatable bonds is 8. The maximum atomic E-state index is 11.0. The van der Waals surface area contributed by atoms with Gasteiger partial charge in [-0.3, -0.25) is 0 Å². The van der Waals surface area contributed by atoms with Gasteiger partial charge in [-0.2, -0.15) is 4.37 Å². The number of likely N-dealkylation sites (N-methyl/N-ethyl adjacent to an activating group) is 1. The third-order valence-electron chi connectivity index (χ3n) is 2.29. The van der Waals surface area contributed by atoms with E-state index in [1.54, 1.807) is 6.92 Å². The molecule has 1 rings (SSSR count). The standard InChI is InChI=1S/C11H19N3O3S/c1-8-9(11(15)16)10(18-13-8)12-4-6-17-7-5-14(2)3/h12H,4-7H2,1-3H3,(H,15,16). The van der Waals surface area contributed by atoms with E-state index in [4.69, 9.17) is 9.84 Å². The second-order valence-corrected chi connectivity index (χ2v) is 4.89. The Bertz CT molecular complexity index is 393. The molecule has 0 aliphatic heterocycles. The van der Waals surface area contributed by atoms with Crippen LogP contribution in [-0.2, 0) is 4.74 Å². The summed E-state index contributed by atoms with van der Waals surface area (Å²) in [6.45, 7) is 4.36. The van der Waals surface area contributed by atoms with E-state index in [9.17, 15) is 4.79 Å². The zero-order valence-corrected chi connectivity index (χ0v) is 11.7. The molecule has 1 heterocycles. The minimum Gasteiger partial charge on any atom is -0.478 e. The summed E-state index contributed by atoms with van der Waals surface area (Å²) < 4.78 is 9.43. The lowest BCUT2D eigenvalue weighted by Crippen LogP contribution is -2.20. The van der Waals surface area contributed by atoms with Crippen LogP contribution in [-0.4, -0.2) is 60.7 Å². The van der Waals surface area contributed by atoms with Crippen molar-refractivity contribution in [1.29, 1.82) is 0 Å². The summed E-state index contributed by atoms with van der Waals surface area (Å²) in [6.07, 6.45) is 0. The van der Waals surface area contributed by atoms with Crippen molar-refractivity contribution in [3.05, 3.63) is 11.3 Å². The van der Waals surface area contributed by atoms with Crippen LogP contribution in [0, 0.1) is 6.92 Å². The number of aromatic carboxylic acids is 1. The van der Waals surface area contributed by atoms with Crippen LogP contribution in [0.15, 0.2) is 0 Å². The maximum Gasteiger partial charge on any atom is 0.340 e. The van der Waals surface area contributed by atoms with Gasteiger partial charge in [-0.1, -0.05) is 0 Å². The zero-order chi connectivity index (χ0) is 13.5. The van der Waals surface area contributed by atoms with Crippen molar-refractivity contribution in [3.63, 3.8) is 0 Å². The molecular weight excluding hydrogens is 254 g/mol. The van der Waals surface area contributed by atoms with Gasteiger partial charge in [0, 0.05) is 13.1 Å². The van der Waals surface area contributed by atoms with E-state index in [1.807, 2.05) is 19.0 Å². The van der Waals surface area contributed by atoms with Crippen LogP contribution >= 0.6 is 11.5 Å². The van der Waals surface area contributed by atoms with Crippen LogP contribution in [0.3, 0.4) is 0 Å². The Kier molecular flexibility index (Phi) is 6.03. The molecular formula is C11H19N3O3S. The summed E-state index contributed by atoms with van der Waals surface area (Å²) in [5.74, 6) is -0.947. The highest BCUT2D eigenvalue weighted by atomic mass is 32.1. The second-order valence-electron chi connectivity index (χ2n) is 4.12. The molecule has 0 bridgehead atoms. The molecule has 0 atom stereocenters. The van der Waals surface area contributed by atoms with Gasteiger partial charge in [0.15, 0.2) is 0 Å². The normalized spacial score (nSPS) is 10.9. The molecule has 18 heavy (non-hydrogen) atoms. The molecule has 0 fully saturated rings. The highest BCUT2D eigenvalue weighted by Crippen LogP contribution is 2.23. The van der Waals surface area contributed by atoms with E-state index in [1.165, 1.54) is 11.5 Å². The van der Waals surface area contributed by atoms with Gasteiger partial charge in [-0.15, -0.1) is 0 Å². The molecule has 0 saturated heterocycles. The average Bonchev–Trinajstić information content (AvgIpc) is 2.64. The van der Waals surface area contributed by atoms with Gasteiger partial charge in [0.1, 0.15) is 10.6 Å². The first-order valence-corrected chi connectivity index (χ1v) is 6.45. The number of carbonyl (C=O) groups is 1. The van der Waals surface area contributed by atoms with Gasteiger partial charge in [0.2, 0.25) is 0 Å². The zero-order valence-electron chi connectivity index (χ0n) is 10.9. The number of hydrogen-bond donors (Lipinski definition) is 2. The summed E-state index contributed by atoms with van der Waals surface area (Å²) in [4.78, 5) is 13.0. The molecule has 0 saturated carbocycles. The van der Waals surface area contributed by atoms with E-state index in [0.29, 0.717) is 30.5 Å². The molecule has 1 aromatic rings. The van der Waals surface area contributed by atoms with Crippen molar-refractivity contribution in [2.45, 2.75) is 6.92 Å². The van der Waals surface area contributed by atoms with Gasteiger partial charge < -0.3 is 20.1 Å². The van der Waals surface area contributed by atoms with Crippen LogP contribution in [0.4, 0.5) is 5.00 Å². The Morgan fingerprint density at radius 2 is 2.22 bits per heavy atom. The Morgan fingerprint density at radius 1 is 1.50 bits per heavy atom. The number of aromatic nitrogens is 1. The van der Waals surface area contributed by atoms with Gasteiger partial charge in [-0.05, 0) is 32.6 Å². The van der Waals surface area contributed by atoms with Gasteiger partial charge >= 0.3 is 5.97 Å². The lowest BCUT2D eigenvalue weighted by atomic mass is 10.2. The van der Waals surface area contributed by atoms with E-state index in [0.717, 1.165) is 6.54 Å².